The molecule has 1 aromatic rings. The fourth-order valence-electron chi connectivity index (χ4n) is 1.45. The van der Waals surface area contributed by atoms with E-state index in [1.165, 1.54) is 6.20 Å². The van der Waals surface area contributed by atoms with Crippen LogP contribution in [0.3, 0.4) is 0 Å². The van der Waals surface area contributed by atoms with Crippen LogP contribution < -0.4 is 5.73 Å². The van der Waals surface area contributed by atoms with Gasteiger partial charge in [-0.2, -0.15) is 13.2 Å². The molecular weight excluding hydrogens is 217 g/mol. The van der Waals surface area contributed by atoms with Crippen LogP contribution in [0.4, 0.5) is 13.2 Å². The van der Waals surface area contributed by atoms with Gasteiger partial charge in [0.15, 0.2) is 0 Å². The van der Waals surface area contributed by atoms with E-state index in [1.54, 1.807) is 0 Å². The van der Waals surface area contributed by atoms with E-state index in [4.69, 9.17) is 5.73 Å². The molecule has 0 aromatic carbocycles. The Morgan fingerprint density at radius 1 is 1.44 bits per heavy atom. The van der Waals surface area contributed by atoms with Gasteiger partial charge in [0.2, 0.25) is 0 Å². The van der Waals surface area contributed by atoms with Crippen molar-refractivity contribution >= 4 is 0 Å². The Morgan fingerprint density at radius 3 is 2.69 bits per heavy atom. The van der Waals surface area contributed by atoms with Crippen molar-refractivity contribution in [2.24, 2.45) is 5.73 Å². The summed E-state index contributed by atoms with van der Waals surface area (Å²) in [5, 5.41) is 0. The number of aryl methyl sites for hydroxylation is 1. The number of hydrogen-bond donors (Lipinski definition) is 1. The average molecular weight is 232 g/mol. The Hall–Kier alpha value is -1.10. The highest BCUT2D eigenvalue weighted by molar-refractivity contribution is 5.26. The number of pyridine rings is 1. The van der Waals surface area contributed by atoms with E-state index < -0.39 is 11.7 Å². The molecule has 0 aliphatic heterocycles. The molecule has 1 atom stereocenters. The molecule has 0 amide bonds. The summed E-state index contributed by atoms with van der Waals surface area (Å²) >= 11 is 0. The zero-order valence-electron chi connectivity index (χ0n) is 9.09. The average Bonchev–Trinajstić information content (AvgIpc) is 2.25. The van der Waals surface area contributed by atoms with E-state index in [1.807, 2.05) is 6.92 Å². The van der Waals surface area contributed by atoms with Crippen LogP contribution in [0, 0.1) is 0 Å². The quantitative estimate of drug-likeness (QED) is 0.866. The second-order valence-corrected chi connectivity index (χ2v) is 3.74. The molecule has 1 aromatic heterocycles. The summed E-state index contributed by atoms with van der Waals surface area (Å²) in [6, 6.07) is 0.952. The van der Waals surface area contributed by atoms with Gasteiger partial charge in [-0.25, -0.2) is 0 Å². The molecule has 0 aliphatic rings. The molecule has 2 nitrogen and oxygen atoms in total. The molecule has 5 heteroatoms. The van der Waals surface area contributed by atoms with Crippen LogP contribution in [-0.4, -0.2) is 11.0 Å². The van der Waals surface area contributed by atoms with Crippen LogP contribution in [-0.2, 0) is 12.6 Å². The third kappa shape index (κ3) is 3.48. The third-order valence-corrected chi connectivity index (χ3v) is 2.52. The van der Waals surface area contributed by atoms with Crippen LogP contribution >= 0.6 is 0 Å². The predicted octanol–water partition coefficient (Wildman–Crippen LogP) is 2.77. The first kappa shape index (κ1) is 13.0. The zero-order chi connectivity index (χ0) is 12.2. The summed E-state index contributed by atoms with van der Waals surface area (Å²) in [5.74, 6) is 0. The molecule has 0 bridgehead atoms. The van der Waals surface area contributed by atoms with Crippen molar-refractivity contribution in [3.63, 3.8) is 0 Å². The van der Waals surface area contributed by atoms with E-state index in [-0.39, 0.29) is 11.6 Å². The number of alkyl halides is 3. The van der Waals surface area contributed by atoms with Crippen molar-refractivity contribution in [2.75, 3.05) is 0 Å². The Balaban J connectivity index is 2.80. The topological polar surface area (TPSA) is 38.9 Å². The number of hydrogen-bond acceptors (Lipinski definition) is 2. The third-order valence-electron chi connectivity index (χ3n) is 2.52. The van der Waals surface area contributed by atoms with Gasteiger partial charge in [-0.3, -0.25) is 4.98 Å². The van der Waals surface area contributed by atoms with Crippen molar-refractivity contribution < 1.29 is 13.2 Å². The van der Waals surface area contributed by atoms with Crippen LogP contribution in [0.15, 0.2) is 18.5 Å². The first-order valence-corrected chi connectivity index (χ1v) is 5.20. The number of halogens is 3. The minimum Gasteiger partial charge on any atom is -0.328 e. The smallest absolute Gasteiger partial charge is 0.328 e. The summed E-state index contributed by atoms with van der Waals surface area (Å²) in [4.78, 5) is 3.72. The Kier molecular flexibility index (Phi) is 4.29. The molecule has 0 aliphatic carbocycles. The van der Waals surface area contributed by atoms with Crippen molar-refractivity contribution in [2.45, 2.75) is 38.4 Å². The fraction of sp³-hybridized carbons (Fsp3) is 0.545. The number of nitrogens with zero attached hydrogens (tertiary/aromatic N) is 1. The molecule has 0 radical (unpaired) electrons. The molecule has 0 spiro atoms. The summed E-state index contributed by atoms with van der Waals surface area (Å²) in [7, 11) is 0. The molecule has 0 saturated heterocycles. The summed E-state index contributed by atoms with van der Waals surface area (Å²) in [5.41, 5.74) is 5.29. The van der Waals surface area contributed by atoms with Gasteiger partial charge < -0.3 is 5.73 Å². The molecule has 2 N–H and O–H groups in total. The van der Waals surface area contributed by atoms with E-state index in [9.17, 15) is 13.2 Å². The first-order chi connectivity index (χ1) is 7.45. The standard InChI is InChI=1S/C11H15F3N2/c1-2-9(15)4-3-8-7-16-6-5-10(8)11(12,13)14/h5-7,9H,2-4,15H2,1H3. The maximum absolute atomic E-state index is 12.6. The lowest BCUT2D eigenvalue weighted by atomic mass is 10.0. The van der Waals surface area contributed by atoms with Crippen molar-refractivity contribution in [1.29, 1.82) is 0 Å². The minimum absolute atomic E-state index is 0.0544. The summed E-state index contributed by atoms with van der Waals surface area (Å²) < 4.78 is 37.8. The predicted molar refractivity (Wildman–Crippen MR) is 55.8 cm³/mol. The molecular formula is C11H15F3N2. The number of aromatic nitrogens is 1. The van der Waals surface area contributed by atoms with E-state index in [0.29, 0.717) is 12.8 Å². The van der Waals surface area contributed by atoms with Gasteiger partial charge >= 0.3 is 6.18 Å². The minimum atomic E-state index is -4.31. The maximum Gasteiger partial charge on any atom is 0.416 e. The Labute approximate surface area is 92.7 Å². The van der Waals surface area contributed by atoms with Gasteiger partial charge in [0.25, 0.3) is 0 Å². The summed E-state index contributed by atoms with van der Waals surface area (Å²) in [6.45, 7) is 1.92. The van der Waals surface area contributed by atoms with Crippen LogP contribution in [0.25, 0.3) is 0 Å². The highest BCUT2D eigenvalue weighted by Crippen LogP contribution is 2.31. The van der Waals surface area contributed by atoms with Crippen molar-refractivity contribution in [3.05, 3.63) is 29.6 Å². The van der Waals surface area contributed by atoms with Crippen LogP contribution in [0.1, 0.15) is 30.9 Å². The van der Waals surface area contributed by atoms with E-state index in [2.05, 4.69) is 4.98 Å². The number of rotatable bonds is 4. The number of nitrogens with two attached hydrogens (primary N) is 1. The molecule has 0 saturated carbocycles. The lowest BCUT2D eigenvalue weighted by Crippen LogP contribution is -2.20. The Morgan fingerprint density at radius 2 is 2.12 bits per heavy atom. The second kappa shape index (κ2) is 5.30. The van der Waals surface area contributed by atoms with Crippen LogP contribution in [0.5, 0.6) is 0 Å². The lowest BCUT2D eigenvalue weighted by molar-refractivity contribution is -0.138. The van der Waals surface area contributed by atoms with Gasteiger partial charge in [-0.15, -0.1) is 0 Å². The van der Waals surface area contributed by atoms with Gasteiger partial charge in [-0.05, 0) is 30.9 Å². The zero-order valence-corrected chi connectivity index (χ0v) is 9.09. The summed E-state index contributed by atoms with van der Waals surface area (Å²) in [6.07, 6.45) is -0.254. The highest BCUT2D eigenvalue weighted by atomic mass is 19.4. The fourth-order valence-corrected chi connectivity index (χ4v) is 1.45. The van der Waals surface area contributed by atoms with Crippen molar-refractivity contribution in [1.82, 2.24) is 4.98 Å². The van der Waals surface area contributed by atoms with Crippen molar-refractivity contribution in [3.8, 4) is 0 Å². The van der Waals surface area contributed by atoms with E-state index in [0.717, 1.165) is 18.7 Å². The molecule has 1 unspecified atom stereocenters. The maximum atomic E-state index is 12.6. The van der Waals surface area contributed by atoms with Gasteiger partial charge in [0.05, 0.1) is 5.56 Å². The van der Waals surface area contributed by atoms with E-state index >= 15 is 0 Å². The van der Waals surface area contributed by atoms with Gasteiger partial charge in [0, 0.05) is 18.4 Å². The molecule has 1 heterocycles. The molecule has 1 rings (SSSR count). The second-order valence-electron chi connectivity index (χ2n) is 3.74. The molecule has 0 fully saturated rings. The first-order valence-electron chi connectivity index (χ1n) is 5.20. The van der Waals surface area contributed by atoms with Gasteiger partial charge in [0.1, 0.15) is 0 Å². The Bertz CT molecular complexity index is 336. The largest absolute Gasteiger partial charge is 0.416 e. The SMILES string of the molecule is CCC(N)CCc1cnccc1C(F)(F)F. The monoisotopic (exact) mass is 232 g/mol. The van der Waals surface area contributed by atoms with Crippen LogP contribution in [0.2, 0.25) is 0 Å². The van der Waals surface area contributed by atoms with Gasteiger partial charge in [-0.1, -0.05) is 6.92 Å². The lowest BCUT2D eigenvalue weighted by Gasteiger charge is -2.13. The highest BCUT2D eigenvalue weighted by Gasteiger charge is 2.32. The molecule has 90 valence electrons. The normalized spacial score (nSPS) is 13.8. The molecule has 16 heavy (non-hydrogen) atoms.